The van der Waals surface area contributed by atoms with Crippen molar-refractivity contribution in [2.75, 3.05) is 0 Å². The highest BCUT2D eigenvalue weighted by Gasteiger charge is 2.52. The molecule has 4 aromatic heterocycles. The number of nitrogens with zero attached hydrogens (tertiary/aromatic N) is 8. The minimum atomic E-state index is -0.449. The quantitative estimate of drug-likeness (QED) is 0.119. The van der Waals surface area contributed by atoms with Crippen molar-refractivity contribution < 1.29 is 0 Å². The number of hydrogen-bond donors (Lipinski definition) is 0. The van der Waals surface area contributed by atoms with E-state index in [-0.39, 0.29) is 5.41 Å². The zero-order valence-electron chi connectivity index (χ0n) is 59.7. The summed E-state index contributed by atoms with van der Waals surface area (Å²) in [6.45, 7) is 0. The van der Waals surface area contributed by atoms with Crippen LogP contribution in [-0.4, -0.2) is 39.9 Å². The van der Waals surface area contributed by atoms with Gasteiger partial charge >= 0.3 is 0 Å². The van der Waals surface area contributed by atoms with E-state index in [0.717, 1.165) is 72.6 Å². The maximum Gasteiger partial charge on any atom is 0.165 e. The van der Waals surface area contributed by atoms with E-state index in [2.05, 4.69) is 284 Å². The number of rotatable bonds is 12. The first-order valence-electron chi connectivity index (χ1n) is 37.2. The van der Waals surface area contributed by atoms with Gasteiger partial charge in [-0.05, 0) is 137 Å². The summed E-state index contributed by atoms with van der Waals surface area (Å²) in [7, 11) is 0. The highest BCUT2D eigenvalue weighted by Crippen LogP contribution is 2.63. The van der Waals surface area contributed by atoms with Crippen LogP contribution in [0, 0.1) is 0 Å². The number of pyridine rings is 2. The lowest BCUT2D eigenvalue weighted by molar-refractivity contribution is 0.769. The summed E-state index contributed by atoms with van der Waals surface area (Å²) in [5.41, 5.74) is 31.4. The van der Waals surface area contributed by atoms with Gasteiger partial charge in [0.05, 0.1) is 22.2 Å². The SMILES string of the molecule is c1ccc(-c2ccc(-c3nc(-c4ccccc4)nc(-c4ccc(-c5ccc6c(c5)C5(c7ccccc7-c7ccccc75)c5ccccc5-6)cc4)n3)cn2)cc1.c1ccc(-c2nc(-c3ccc(-c4ccc5c(c4)C(c4ccccc4)(c4ccccc4)c4ccccc4-5)cc3)nc(-c3ccc(-c4ccccn4)cc3)n2)cc1. The maximum absolute atomic E-state index is 5.02. The second kappa shape index (κ2) is 27.4. The first-order valence-corrected chi connectivity index (χ1v) is 37.2. The van der Waals surface area contributed by atoms with Crippen LogP contribution in [0.1, 0.15) is 44.5 Å². The molecule has 0 N–H and O–H groups in total. The van der Waals surface area contributed by atoms with Crippen LogP contribution in [0.3, 0.4) is 0 Å². The van der Waals surface area contributed by atoms with Crippen LogP contribution in [-0.2, 0) is 10.8 Å². The minimum Gasteiger partial charge on any atom is -0.256 e. The fourth-order valence-electron chi connectivity index (χ4n) is 16.9. The number of benzene rings is 14. The lowest BCUT2D eigenvalue weighted by atomic mass is 9.67. The Morgan fingerprint density at radius 1 is 0.164 bits per heavy atom. The molecule has 1 spiro atoms. The van der Waals surface area contributed by atoms with Crippen molar-refractivity contribution >= 4 is 0 Å². The third-order valence-corrected chi connectivity index (χ3v) is 21.9. The van der Waals surface area contributed by atoms with Gasteiger partial charge in [-0.25, -0.2) is 29.9 Å². The third-order valence-electron chi connectivity index (χ3n) is 21.9. The molecule has 4 heterocycles. The van der Waals surface area contributed by atoms with Gasteiger partial charge in [0.25, 0.3) is 0 Å². The molecule has 3 aliphatic rings. The Kier molecular flexibility index (Phi) is 16.2. The molecule has 0 saturated heterocycles. The molecule has 8 nitrogen and oxygen atoms in total. The number of hydrogen-bond acceptors (Lipinski definition) is 8. The van der Waals surface area contributed by atoms with Gasteiger partial charge in [-0.2, -0.15) is 0 Å². The molecule has 0 bridgehead atoms. The summed E-state index contributed by atoms with van der Waals surface area (Å²) in [5.74, 6) is 3.70. The summed E-state index contributed by atoms with van der Waals surface area (Å²) in [4.78, 5) is 39.1. The average molecular weight is 1400 g/mol. The molecule has 18 aromatic rings. The lowest BCUT2D eigenvalue weighted by Gasteiger charge is -2.34. The molecule has 0 amide bonds. The average Bonchev–Trinajstić information content (AvgIpc) is 1.51. The standard InChI is InChI=1S/C51H32N4.C51H34N4/c1-3-13-34(14-4-1)47-30-28-38(32-52-47)50-54-48(35-15-5-2-6-16-35)53-49(55-50)36-25-23-33(24-26-36)37-27-29-42-41-19-9-12-22-45(41)51(46(42)31-37)43-20-10-7-17-39(43)40-18-8-11-21-44(40)51;1-4-14-37(15-5-1)48-53-49(55-50(54-48)39-29-25-36(26-30-39)47-22-12-13-33-52-47)38-27-23-35(24-28-38)40-31-32-44-43-20-10-11-21-45(43)51(46(44)34-40,41-16-6-2-7-17-41)42-18-8-3-9-19-42/h1-32H;1-34H. The summed E-state index contributed by atoms with van der Waals surface area (Å²) in [5, 5.41) is 0. The highest BCUT2D eigenvalue weighted by molar-refractivity contribution is 5.96. The van der Waals surface area contributed by atoms with Gasteiger partial charge in [0.15, 0.2) is 34.9 Å². The van der Waals surface area contributed by atoms with Crippen molar-refractivity contribution in [2.24, 2.45) is 0 Å². The van der Waals surface area contributed by atoms with E-state index in [0.29, 0.717) is 34.9 Å². The molecular weight excluding hydrogens is 1340 g/mol. The van der Waals surface area contributed by atoms with E-state index in [1.807, 2.05) is 122 Å². The van der Waals surface area contributed by atoms with Crippen molar-refractivity contribution in [3.8, 4) is 146 Å². The highest BCUT2D eigenvalue weighted by atomic mass is 15.0. The van der Waals surface area contributed by atoms with Gasteiger partial charge in [0.1, 0.15) is 0 Å². The predicted octanol–water partition coefficient (Wildman–Crippen LogP) is 23.9. The Bertz CT molecular complexity index is 6040. The molecule has 14 aromatic carbocycles. The van der Waals surface area contributed by atoms with E-state index < -0.39 is 5.41 Å². The van der Waals surface area contributed by atoms with Crippen LogP contribution >= 0.6 is 0 Å². The van der Waals surface area contributed by atoms with Crippen molar-refractivity contribution in [1.29, 1.82) is 0 Å². The molecule has 514 valence electrons. The van der Waals surface area contributed by atoms with Gasteiger partial charge in [-0.1, -0.05) is 352 Å². The first kappa shape index (κ1) is 65.0. The van der Waals surface area contributed by atoms with E-state index in [1.54, 1.807) is 0 Å². The fraction of sp³-hybridized carbons (Fsp3) is 0.0196. The van der Waals surface area contributed by atoms with Crippen LogP contribution in [0.25, 0.3) is 146 Å². The molecule has 0 unspecified atom stereocenters. The zero-order valence-corrected chi connectivity index (χ0v) is 59.7. The Labute approximate surface area is 638 Å². The summed E-state index contributed by atoms with van der Waals surface area (Å²) >= 11 is 0. The monoisotopic (exact) mass is 1400 g/mol. The van der Waals surface area contributed by atoms with Crippen molar-refractivity contribution in [2.45, 2.75) is 10.8 Å². The van der Waals surface area contributed by atoms with E-state index >= 15 is 0 Å². The van der Waals surface area contributed by atoms with Crippen LogP contribution in [0.15, 0.2) is 401 Å². The normalized spacial score (nSPS) is 12.7. The van der Waals surface area contributed by atoms with Crippen molar-refractivity contribution in [1.82, 2.24) is 39.9 Å². The topological polar surface area (TPSA) is 103 Å². The molecule has 8 heteroatoms. The first-order chi connectivity index (χ1) is 54.5. The second-order valence-corrected chi connectivity index (χ2v) is 28.0. The largest absolute Gasteiger partial charge is 0.256 e. The second-order valence-electron chi connectivity index (χ2n) is 28.0. The number of fused-ring (bicyclic) bond motifs is 13. The zero-order chi connectivity index (χ0) is 73.0. The molecular formula is C102H66N8. The predicted molar refractivity (Wildman–Crippen MR) is 443 cm³/mol. The fourth-order valence-corrected chi connectivity index (χ4v) is 16.9. The van der Waals surface area contributed by atoms with Crippen LogP contribution < -0.4 is 0 Å². The summed E-state index contributed by atoms with van der Waals surface area (Å²) in [6.07, 6.45) is 3.66. The van der Waals surface area contributed by atoms with Crippen LogP contribution in [0.4, 0.5) is 0 Å². The summed E-state index contributed by atoms with van der Waals surface area (Å²) in [6, 6.07) is 137. The molecule has 21 rings (SSSR count). The van der Waals surface area contributed by atoms with Gasteiger partial charge in [0, 0.05) is 56.9 Å². The minimum absolute atomic E-state index is 0.377. The molecule has 0 aliphatic heterocycles. The lowest BCUT2D eigenvalue weighted by Crippen LogP contribution is -2.28. The summed E-state index contributed by atoms with van der Waals surface area (Å²) < 4.78 is 0. The van der Waals surface area contributed by atoms with Gasteiger partial charge in [-0.3, -0.25) is 9.97 Å². The van der Waals surface area contributed by atoms with Crippen LogP contribution in [0.2, 0.25) is 0 Å². The maximum atomic E-state index is 5.02. The van der Waals surface area contributed by atoms with E-state index in [9.17, 15) is 0 Å². The van der Waals surface area contributed by atoms with Crippen molar-refractivity contribution in [3.05, 3.63) is 445 Å². The Balaban J connectivity index is 0.000000144. The smallest absolute Gasteiger partial charge is 0.165 e. The Hall–Kier alpha value is -14.6. The van der Waals surface area contributed by atoms with Crippen molar-refractivity contribution in [3.63, 3.8) is 0 Å². The molecule has 0 radical (unpaired) electrons. The molecule has 0 saturated carbocycles. The molecule has 3 aliphatic carbocycles. The van der Waals surface area contributed by atoms with E-state index in [1.165, 1.54) is 83.5 Å². The van der Waals surface area contributed by atoms with Crippen LogP contribution in [0.5, 0.6) is 0 Å². The molecule has 0 fully saturated rings. The number of aromatic nitrogens is 8. The Morgan fingerprint density at radius 3 is 0.818 bits per heavy atom. The Morgan fingerprint density at radius 2 is 0.436 bits per heavy atom. The molecule has 110 heavy (non-hydrogen) atoms. The van der Waals surface area contributed by atoms with Gasteiger partial charge in [0.2, 0.25) is 0 Å². The van der Waals surface area contributed by atoms with Gasteiger partial charge < -0.3 is 0 Å². The third kappa shape index (κ3) is 11.2. The molecule has 0 atom stereocenters. The van der Waals surface area contributed by atoms with E-state index in [4.69, 9.17) is 34.9 Å². The van der Waals surface area contributed by atoms with Gasteiger partial charge in [-0.15, -0.1) is 0 Å².